The molecule has 16 heavy (non-hydrogen) atoms. The van der Waals surface area contributed by atoms with Gasteiger partial charge in [-0.25, -0.2) is 9.97 Å². The first-order valence-corrected chi connectivity index (χ1v) is 5.07. The first-order valence-electron chi connectivity index (χ1n) is 5.07. The zero-order chi connectivity index (χ0) is 11.0. The Balaban J connectivity index is 2.22. The molecule has 4 nitrogen and oxygen atoms in total. The van der Waals surface area contributed by atoms with Crippen molar-refractivity contribution in [3.8, 4) is 11.3 Å². The van der Waals surface area contributed by atoms with Gasteiger partial charge in [-0.1, -0.05) is 0 Å². The molecule has 0 saturated carbocycles. The van der Waals surface area contributed by atoms with Crippen LogP contribution in [0.3, 0.4) is 0 Å². The highest BCUT2D eigenvalue weighted by Crippen LogP contribution is 2.20. The summed E-state index contributed by atoms with van der Waals surface area (Å²) in [5.74, 6) is 0. The molecular formula is C12H10N4. The topological polar surface area (TPSA) is 54.5 Å². The van der Waals surface area contributed by atoms with E-state index in [1.165, 1.54) is 0 Å². The lowest BCUT2D eigenvalue weighted by Crippen LogP contribution is -1.91. The molecule has 0 radical (unpaired) electrons. The van der Waals surface area contributed by atoms with Crippen LogP contribution in [-0.2, 0) is 0 Å². The molecule has 0 aliphatic heterocycles. The Morgan fingerprint density at radius 2 is 2.12 bits per heavy atom. The van der Waals surface area contributed by atoms with Gasteiger partial charge in [0.15, 0.2) is 5.65 Å². The van der Waals surface area contributed by atoms with Crippen LogP contribution in [0.15, 0.2) is 36.8 Å². The lowest BCUT2D eigenvalue weighted by molar-refractivity contribution is 1.18. The number of nitrogens with zero attached hydrogens (tertiary/aromatic N) is 3. The summed E-state index contributed by atoms with van der Waals surface area (Å²) in [7, 11) is 0. The van der Waals surface area contributed by atoms with Gasteiger partial charge in [0.2, 0.25) is 0 Å². The maximum absolute atomic E-state index is 4.53. The minimum Gasteiger partial charge on any atom is -0.345 e. The standard InChI is InChI=1S/C12H10N4/c1-8-9(3-2-5-13-8)11-7-15-12-10(16-11)4-6-14-12/h2-7H,1H3,(H,14,15). The predicted octanol–water partition coefficient (Wildman–Crippen LogP) is 2.33. The van der Waals surface area contributed by atoms with Crippen LogP contribution in [0.1, 0.15) is 5.69 Å². The van der Waals surface area contributed by atoms with E-state index in [2.05, 4.69) is 19.9 Å². The van der Waals surface area contributed by atoms with E-state index < -0.39 is 0 Å². The fourth-order valence-corrected chi connectivity index (χ4v) is 1.72. The minimum absolute atomic E-state index is 0.810. The third-order valence-electron chi connectivity index (χ3n) is 2.54. The van der Waals surface area contributed by atoms with Crippen molar-refractivity contribution in [2.24, 2.45) is 0 Å². The molecule has 0 saturated heterocycles. The SMILES string of the molecule is Cc1ncccc1-c1cnc2[nH]ccc2n1. The van der Waals surface area contributed by atoms with Crippen LogP contribution in [0, 0.1) is 6.92 Å². The summed E-state index contributed by atoms with van der Waals surface area (Å²) in [5, 5.41) is 0. The van der Waals surface area contributed by atoms with Crippen molar-refractivity contribution >= 4 is 11.2 Å². The van der Waals surface area contributed by atoms with Crippen LogP contribution in [0.4, 0.5) is 0 Å². The van der Waals surface area contributed by atoms with Crippen LogP contribution < -0.4 is 0 Å². The molecule has 3 aromatic rings. The van der Waals surface area contributed by atoms with Crippen molar-refractivity contribution in [3.63, 3.8) is 0 Å². The zero-order valence-electron chi connectivity index (χ0n) is 8.81. The average Bonchev–Trinajstić information content (AvgIpc) is 2.76. The molecule has 3 rings (SSSR count). The van der Waals surface area contributed by atoms with E-state index >= 15 is 0 Å². The molecule has 78 valence electrons. The normalized spacial score (nSPS) is 10.8. The number of hydrogen-bond donors (Lipinski definition) is 1. The van der Waals surface area contributed by atoms with Crippen molar-refractivity contribution in [2.45, 2.75) is 6.92 Å². The average molecular weight is 210 g/mol. The second-order valence-corrected chi connectivity index (χ2v) is 3.60. The lowest BCUT2D eigenvalue weighted by atomic mass is 10.1. The first kappa shape index (κ1) is 9.03. The van der Waals surface area contributed by atoms with Crippen LogP contribution in [0.5, 0.6) is 0 Å². The molecular weight excluding hydrogens is 200 g/mol. The number of aromatic amines is 1. The summed E-state index contributed by atoms with van der Waals surface area (Å²) >= 11 is 0. The second-order valence-electron chi connectivity index (χ2n) is 3.60. The predicted molar refractivity (Wildman–Crippen MR) is 61.9 cm³/mol. The molecule has 0 aliphatic carbocycles. The van der Waals surface area contributed by atoms with Gasteiger partial charge in [-0.15, -0.1) is 0 Å². The molecule has 4 heteroatoms. The molecule has 3 aromatic heterocycles. The largest absolute Gasteiger partial charge is 0.345 e. The molecule has 0 amide bonds. The molecule has 1 N–H and O–H groups in total. The number of rotatable bonds is 1. The summed E-state index contributed by atoms with van der Waals surface area (Å²) in [5.41, 5.74) is 4.54. The molecule has 0 fully saturated rings. The lowest BCUT2D eigenvalue weighted by Gasteiger charge is -2.02. The summed E-state index contributed by atoms with van der Waals surface area (Å²) in [6.45, 7) is 1.97. The number of aromatic nitrogens is 4. The number of hydrogen-bond acceptors (Lipinski definition) is 3. The summed E-state index contributed by atoms with van der Waals surface area (Å²) in [6, 6.07) is 5.83. The highest BCUT2D eigenvalue weighted by molar-refractivity contribution is 5.74. The van der Waals surface area contributed by atoms with E-state index in [-0.39, 0.29) is 0 Å². The highest BCUT2D eigenvalue weighted by atomic mass is 14.9. The van der Waals surface area contributed by atoms with Gasteiger partial charge in [-0.3, -0.25) is 4.98 Å². The maximum Gasteiger partial charge on any atom is 0.156 e. The number of H-pyrrole nitrogens is 1. The fraction of sp³-hybridized carbons (Fsp3) is 0.0833. The molecule has 3 heterocycles. The first-order chi connectivity index (χ1) is 7.84. The van der Waals surface area contributed by atoms with Crippen LogP contribution in [0.25, 0.3) is 22.4 Å². The molecule has 0 aliphatic rings. The van der Waals surface area contributed by atoms with Gasteiger partial charge in [0, 0.05) is 23.7 Å². The second kappa shape index (κ2) is 3.41. The number of nitrogens with one attached hydrogen (secondary N) is 1. The highest BCUT2D eigenvalue weighted by Gasteiger charge is 2.05. The van der Waals surface area contributed by atoms with Crippen molar-refractivity contribution in [3.05, 3.63) is 42.5 Å². The summed E-state index contributed by atoms with van der Waals surface area (Å²) < 4.78 is 0. The smallest absolute Gasteiger partial charge is 0.156 e. The Bertz CT molecular complexity index is 642. The van der Waals surface area contributed by atoms with Gasteiger partial charge in [0.05, 0.1) is 11.9 Å². The van der Waals surface area contributed by atoms with E-state index in [1.807, 2.05) is 31.3 Å². The van der Waals surface area contributed by atoms with Crippen molar-refractivity contribution < 1.29 is 0 Å². The van der Waals surface area contributed by atoms with E-state index in [9.17, 15) is 0 Å². The number of aryl methyl sites for hydroxylation is 1. The zero-order valence-corrected chi connectivity index (χ0v) is 8.81. The molecule has 0 atom stereocenters. The quantitative estimate of drug-likeness (QED) is 0.670. The monoisotopic (exact) mass is 210 g/mol. The van der Waals surface area contributed by atoms with E-state index in [0.717, 1.165) is 28.1 Å². The maximum atomic E-state index is 4.53. The molecule has 0 bridgehead atoms. The van der Waals surface area contributed by atoms with Crippen molar-refractivity contribution in [2.75, 3.05) is 0 Å². The fourth-order valence-electron chi connectivity index (χ4n) is 1.72. The minimum atomic E-state index is 0.810. The molecule has 0 unspecified atom stereocenters. The van der Waals surface area contributed by atoms with Crippen LogP contribution in [0.2, 0.25) is 0 Å². The van der Waals surface area contributed by atoms with Crippen molar-refractivity contribution in [1.29, 1.82) is 0 Å². The van der Waals surface area contributed by atoms with Gasteiger partial charge in [-0.2, -0.15) is 0 Å². The third kappa shape index (κ3) is 1.35. The molecule has 0 aromatic carbocycles. The van der Waals surface area contributed by atoms with Crippen LogP contribution in [-0.4, -0.2) is 19.9 Å². The van der Waals surface area contributed by atoms with E-state index in [4.69, 9.17) is 0 Å². The number of pyridine rings is 1. The van der Waals surface area contributed by atoms with Gasteiger partial charge >= 0.3 is 0 Å². The Hall–Kier alpha value is -2.23. The van der Waals surface area contributed by atoms with Crippen LogP contribution >= 0.6 is 0 Å². The Morgan fingerprint density at radius 1 is 1.19 bits per heavy atom. The van der Waals surface area contributed by atoms with Gasteiger partial charge in [-0.05, 0) is 25.1 Å². The van der Waals surface area contributed by atoms with E-state index in [1.54, 1.807) is 12.4 Å². The van der Waals surface area contributed by atoms with E-state index in [0.29, 0.717) is 0 Å². The van der Waals surface area contributed by atoms with Gasteiger partial charge in [0.1, 0.15) is 5.52 Å². The summed E-state index contributed by atoms with van der Waals surface area (Å²) in [6.07, 6.45) is 5.38. The van der Waals surface area contributed by atoms with Gasteiger partial charge < -0.3 is 4.98 Å². The Morgan fingerprint density at radius 3 is 3.00 bits per heavy atom. The third-order valence-corrected chi connectivity index (χ3v) is 2.54. The summed E-state index contributed by atoms with van der Waals surface area (Å²) in [4.78, 5) is 16.1. The Labute approximate surface area is 92.4 Å². The molecule has 0 spiro atoms. The van der Waals surface area contributed by atoms with Gasteiger partial charge in [0.25, 0.3) is 0 Å². The van der Waals surface area contributed by atoms with Crippen molar-refractivity contribution in [1.82, 2.24) is 19.9 Å². The number of fused-ring (bicyclic) bond motifs is 1. The Kier molecular flexibility index (Phi) is 1.93.